The Bertz CT molecular complexity index is 747. The number of benzene rings is 1. The maximum absolute atomic E-state index is 13.1. The molecule has 0 radical (unpaired) electrons. The number of dihydropyridines is 1. The summed E-state index contributed by atoms with van der Waals surface area (Å²) < 4.78 is 50.2. The van der Waals surface area contributed by atoms with Gasteiger partial charge in [0, 0.05) is 13.0 Å². The number of halogens is 3. The predicted molar refractivity (Wildman–Crippen MR) is 94.1 cm³/mol. The van der Waals surface area contributed by atoms with Crippen LogP contribution in [0.2, 0.25) is 0 Å². The molecule has 1 amide bonds. The molecule has 2 atom stereocenters. The van der Waals surface area contributed by atoms with E-state index in [2.05, 4.69) is 5.32 Å². The van der Waals surface area contributed by atoms with Gasteiger partial charge in [0.15, 0.2) is 12.6 Å². The Kier molecular flexibility index (Phi) is 6.13. The summed E-state index contributed by atoms with van der Waals surface area (Å²) in [5, 5.41) is 11.3. The van der Waals surface area contributed by atoms with Crippen LogP contribution in [0.5, 0.6) is 5.75 Å². The van der Waals surface area contributed by atoms with E-state index in [4.69, 9.17) is 14.6 Å². The number of amides is 1. The van der Waals surface area contributed by atoms with Gasteiger partial charge >= 0.3 is 6.18 Å². The molecule has 0 saturated carbocycles. The van der Waals surface area contributed by atoms with Crippen molar-refractivity contribution in [2.75, 3.05) is 19.7 Å². The molecular weight excluding hydrogens is 377 g/mol. The van der Waals surface area contributed by atoms with Gasteiger partial charge in [0.05, 0.1) is 13.2 Å². The van der Waals surface area contributed by atoms with Gasteiger partial charge in [0.2, 0.25) is 0 Å². The van der Waals surface area contributed by atoms with Crippen LogP contribution in [0.3, 0.4) is 0 Å². The van der Waals surface area contributed by atoms with Crippen LogP contribution in [-0.4, -0.2) is 53.9 Å². The lowest BCUT2D eigenvalue weighted by atomic mass is 10.1. The number of hydrogen-bond acceptors (Lipinski definition) is 5. The van der Waals surface area contributed by atoms with E-state index >= 15 is 0 Å². The third-order valence-electron chi connectivity index (χ3n) is 4.50. The number of nitrogens with one attached hydrogen (secondary N) is 1. The van der Waals surface area contributed by atoms with Gasteiger partial charge in [0.1, 0.15) is 17.6 Å². The minimum Gasteiger partial charge on any atom is -0.490 e. The summed E-state index contributed by atoms with van der Waals surface area (Å²) in [6.07, 6.45) is -0.562. The van der Waals surface area contributed by atoms with Crippen molar-refractivity contribution in [2.24, 2.45) is 0 Å². The van der Waals surface area contributed by atoms with Gasteiger partial charge in [-0.05, 0) is 36.0 Å². The average molecular weight is 398 g/mol. The normalized spacial score (nSPS) is 21.9. The zero-order chi connectivity index (χ0) is 20.1. The fourth-order valence-electron chi connectivity index (χ4n) is 3.01. The van der Waals surface area contributed by atoms with Crippen LogP contribution >= 0.6 is 0 Å². The van der Waals surface area contributed by atoms with E-state index < -0.39 is 18.3 Å². The Balaban J connectivity index is 1.49. The van der Waals surface area contributed by atoms with E-state index in [9.17, 15) is 18.0 Å². The van der Waals surface area contributed by atoms with Crippen LogP contribution in [0.1, 0.15) is 12.0 Å². The van der Waals surface area contributed by atoms with Crippen LogP contribution in [0.15, 0.2) is 48.4 Å². The summed E-state index contributed by atoms with van der Waals surface area (Å²) in [5.41, 5.74) is 0.733. The molecule has 1 aromatic carbocycles. The molecule has 1 fully saturated rings. The average Bonchev–Trinajstić information content (AvgIpc) is 3.14. The van der Waals surface area contributed by atoms with Gasteiger partial charge in [0.25, 0.3) is 5.91 Å². The van der Waals surface area contributed by atoms with Gasteiger partial charge in [-0.25, -0.2) is 0 Å². The fraction of sp³-hybridized carbons (Fsp3) is 0.421. The van der Waals surface area contributed by atoms with Gasteiger partial charge in [-0.1, -0.05) is 12.1 Å². The Morgan fingerprint density at radius 3 is 2.71 bits per heavy atom. The molecule has 0 spiro atoms. The van der Waals surface area contributed by atoms with Crippen LogP contribution in [0.25, 0.3) is 0 Å². The number of allylic oxidation sites excluding steroid dienone is 2. The number of alkyl halides is 3. The number of aliphatic hydroxyl groups is 1. The minimum atomic E-state index is -4.47. The third kappa shape index (κ3) is 4.98. The highest BCUT2D eigenvalue weighted by molar-refractivity contribution is 5.78. The molecule has 2 aliphatic heterocycles. The number of carbonyl (C=O) groups is 1. The highest BCUT2D eigenvalue weighted by atomic mass is 19.4. The second-order valence-corrected chi connectivity index (χ2v) is 6.53. The van der Waals surface area contributed by atoms with Crippen molar-refractivity contribution in [3.8, 4) is 5.75 Å². The summed E-state index contributed by atoms with van der Waals surface area (Å²) in [6.45, 7) is 0.343. The predicted octanol–water partition coefficient (Wildman–Crippen LogP) is 2.11. The number of ether oxygens (including phenoxy) is 2. The van der Waals surface area contributed by atoms with Gasteiger partial charge in [-0.2, -0.15) is 13.2 Å². The molecule has 2 heterocycles. The number of nitrogens with zero attached hydrogens (tertiary/aromatic N) is 1. The number of aliphatic hydroxyl groups excluding tert-OH is 1. The molecule has 2 aliphatic rings. The highest BCUT2D eigenvalue weighted by Gasteiger charge is 2.44. The van der Waals surface area contributed by atoms with Crippen molar-refractivity contribution >= 4 is 5.91 Å². The number of hydrogen-bond donors (Lipinski definition) is 2. The largest absolute Gasteiger partial charge is 0.490 e. The van der Waals surface area contributed by atoms with Gasteiger partial charge in [-0.15, -0.1) is 0 Å². The summed E-state index contributed by atoms with van der Waals surface area (Å²) >= 11 is 0. The van der Waals surface area contributed by atoms with Crippen LogP contribution in [0, 0.1) is 0 Å². The van der Waals surface area contributed by atoms with E-state index in [1.807, 2.05) is 0 Å². The Labute approximate surface area is 160 Å². The van der Waals surface area contributed by atoms with E-state index in [0.29, 0.717) is 18.7 Å². The van der Waals surface area contributed by atoms with Gasteiger partial charge < -0.3 is 24.8 Å². The molecule has 3 rings (SSSR count). The van der Waals surface area contributed by atoms with Crippen LogP contribution in [-0.2, 0) is 16.1 Å². The standard InChI is InChI=1S/C19H21F3N2O4/c20-19(21,22)18-16(2-1-8-23-18)28-15-7-9-24(10-15)17(26)12-27-14-5-3-13(11-25)4-6-14/h1-6,8,15,18,23,25H,7,9-12H2/t15-,18?/m1/s1. The maximum atomic E-state index is 13.1. The Morgan fingerprint density at radius 1 is 1.29 bits per heavy atom. The Morgan fingerprint density at radius 2 is 2.04 bits per heavy atom. The number of rotatable bonds is 6. The van der Waals surface area contributed by atoms with Crippen molar-refractivity contribution in [1.29, 1.82) is 0 Å². The lowest BCUT2D eigenvalue weighted by Gasteiger charge is -2.27. The molecule has 6 nitrogen and oxygen atoms in total. The topological polar surface area (TPSA) is 71.0 Å². The molecule has 0 aliphatic carbocycles. The molecule has 0 aromatic heterocycles. The summed E-state index contributed by atoms with van der Waals surface area (Å²) in [5.74, 6) is 0.0330. The van der Waals surface area contributed by atoms with Crippen LogP contribution in [0.4, 0.5) is 13.2 Å². The molecule has 1 saturated heterocycles. The van der Waals surface area contributed by atoms with E-state index in [1.165, 1.54) is 23.3 Å². The summed E-state index contributed by atoms with van der Waals surface area (Å²) in [7, 11) is 0. The molecule has 9 heteroatoms. The van der Waals surface area contributed by atoms with Crippen LogP contribution < -0.4 is 10.1 Å². The molecule has 1 unspecified atom stereocenters. The second-order valence-electron chi connectivity index (χ2n) is 6.53. The highest BCUT2D eigenvalue weighted by Crippen LogP contribution is 2.29. The van der Waals surface area contributed by atoms with Crippen molar-refractivity contribution in [3.05, 3.63) is 53.9 Å². The number of likely N-dealkylation sites (tertiary alicyclic amines) is 1. The smallest absolute Gasteiger partial charge is 0.415 e. The first-order valence-corrected chi connectivity index (χ1v) is 8.83. The molecule has 28 heavy (non-hydrogen) atoms. The van der Waals surface area contributed by atoms with E-state index in [0.717, 1.165) is 5.56 Å². The fourth-order valence-corrected chi connectivity index (χ4v) is 3.01. The lowest BCUT2D eigenvalue weighted by molar-refractivity contribution is -0.155. The molecule has 0 bridgehead atoms. The van der Waals surface area contributed by atoms with E-state index in [1.54, 1.807) is 24.3 Å². The first kappa shape index (κ1) is 20.1. The summed E-state index contributed by atoms with van der Waals surface area (Å²) in [6, 6.07) is 4.81. The zero-order valence-corrected chi connectivity index (χ0v) is 15.0. The first-order valence-electron chi connectivity index (χ1n) is 8.83. The van der Waals surface area contributed by atoms with Crippen molar-refractivity contribution in [1.82, 2.24) is 10.2 Å². The molecule has 152 valence electrons. The molecule has 2 N–H and O–H groups in total. The number of carbonyl (C=O) groups excluding carboxylic acids is 1. The summed E-state index contributed by atoms with van der Waals surface area (Å²) in [4.78, 5) is 13.8. The van der Waals surface area contributed by atoms with Crippen molar-refractivity contribution in [3.63, 3.8) is 0 Å². The van der Waals surface area contributed by atoms with Gasteiger partial charge in [-0.3, -0.25) is 4.79 Å². The first-order chi connectivity index (χ1) is 13.4. The van der Waals surface area contributed by atoms with Crippen molar-refractivity contribution < 1.29 is 32.5 Å². The monoisotopic (exact) mass is 398 g/mol. The maximum Gasteiger partial charge on any atom is 0.415 e. The molecular formula is C19H21F3N2O4. The lowest BCUT2D eigenvalue weighted by Crippen LogP contribution is -2.44. The Hall–Kier alpha value is -2.68. The zero-order valence-electron chi connectivity index (χ0n) is 15.0. The van der Waals surface area contributed by atoms with Crippen molar-refractivity contribution in [2.45, 2.75) is 31.3 Å². The second kappa shape index (κ2) is 8.55. The van der Waals surface area contributed by atoms with E-state index in [-0.39, 0.29) is 31.4 Å². The molecule has 1 aromatic rings. The quantitative estimate of drug-likeness (QED) is 0.768. The minimum absolute atomic E-state index is 0.0781. The SMILES string of the molecule is O=C(COc1ccc(CO)cc1)N1CC[C@@H](OC2=CC=CNC2C(F)(F)F)C1. The third-order valence-corrected chi connectivity index (χ3v) is 4.50.